The molecule has 46 heavy (non-hydrogen) atoms. The maximum atomic E-state index is 12.8. The molecule has 0 saturated carbocycles. The fourth-order valence-electron chi connectivity index (χ4n) is 5.31. The van der Waals surface area contributed by atoms with Crippen molar-refractivity contribution in [2.24, 2.45) is 0 Å². The van der Waals surface area contributed by atoms with Crippen LogP contribution in [-0.2, 0) is 26.2 Å². The number of hydrogen-bond donors (Lipinski definition) is 0. The van der Waals surface area contributed by atoms with Gasteiger partial charge in [-0.2, -0.15) is 8.78 Å². The predicted molar refractivity (Wildman–Crippen MR) is 167 cm³/mol. The summed E-state index contributed by atoms with van der Waals surface area (Å²) in [5.74, 6) is 0.612. The summed E-state index contributed by atoms with van der Waals surface area (Å²) < 4.78 is 74.7. The largest absolute Gasteiger partial charge is 0.573 e. The van der Waals surface area contributed by atoms with Gasteiger partial charge in [-0.1, -0.05) is 98.3 Å². The molecule has 5 rings (SSSR count). The molecular formula is C36H34F5N3O2. The van der Waals surface area contributed by atoms with E-state index < -0.39 is 13.0 Å². The van der Waals surface area contributed by atoms with Crippen LogP contribution in [0.1, 0.15) is 36.6 Å². The summed E-state index contributed by atoms with van der Waals surface area (Å²) in [7, 11) is 0. The predicted octanol–water partition coefficient (Wildman–Crippen LogP) is 9.72. The second-order valence-corrected chi connectivity index (χ2v) is 10.8. The first-order valence-electron chi connectivity index (χ1n) is 15.0. The highest BCUT2D eigenvalue weighted by molar-refractivity contribution is 5.68. The molecule has 5 aromatic rings. The third kappa shape index (κ3) is 8.94. The van der Waals surface area contributed by atoms with Crippen molar-refractivity contribution in [2.75, 3.05) is 0 Å². The second kappa shape index (κ2) is 15.1. The minimum absolute atomic E-state index is 0.0575. The van der Waals surface area contributed by atoms with Gasteiger partial charge in [0.2, 0.25) is 0 Å². The molecule has 0 bridgehead atoms. The Labute approximate surface area is 264 Å². The third-order valence-electron chi connectivity index (χ3n) is 7.38. The molecule has 0 spiro atoms. The maximum absolute atomic E-state index is 12.8. The molecule has 0 radical (unpaired) electrons. The van der Waals surface area contributed by atoms with Crippen LogP contribution in [0.5, 0.6) is 11.5 Å². The molecule has 0 saturated heterocycles. The number of ether oxygens (including phenoxy) is 2. The Balaban J connectivity index is 1.55. The minimum Gasteiger partial charge on any atom is -0.435 e. The third-order valence-corrected chi connectivity index (χ3v) is 7.38. The Kier molecular flexibility index (Phi) is 10.7. The number of hydrogen-bond acceptors (Lipinski definition) is 4. The van der Waals surface area contributed by atoms with Gasteiger partial charge in [0.05, 0.1) is 11.4 Å². The summed E-state index contributed by atoms with van der Waals surface area (Å²) in [4.78, 5) is 7.34. The smallest absolute Gasteiger partial charge is 0.435 e. The van der Waals surface area contributed by atoms with E-state index >= 15 is 0 Å². The fourth-order valence-corrected chi connectivity index (χ4v) is 5.31. The number of nitrogens with zero attached hydrogens (tertiary/aromatic N) is 3. The van der Waals surface area contributed by atoms with Gasteiger partial charge in [0.25, 0.3) is 0 Å². The highest BCUT2D eigenvalue weighted by atomic mass is 19.4. The summed E-state index contributed by atoms with van der Waals surface area (Å²) in [5.41, 5.74) is 5.41. The van der Waals surface area contributed by atoms with Crippen LogP contribution < -0.4 is 9.47 Å². The van der Waals surface area contributed by atoms with Crippen molar-refractivity contribution in [1.82, 2.24) is 14.5 Å². The van der Waals surface area contributed by atoms with Gasteiger partial charge in [0.15, 0.2) is 0 Å². The normalized spacial score (nSPS) is 11.7. The number of rotatable bonds is 14. The van der Waals surface area contributed by atoms with Crippen LogP contribution in [0.15, 0.2) is 109 Å². The Morgan fingerprint density at radius 3 is 1.78 bits per heavy atom. The number of halogens is 5. The van der Waals surface area contributed by atoms with Crippen LogP contribution in [0.25, 0.3) is 22.6 Å². The zero-order valence-corrected chi connectivity index (χ0v) is 25.3. The van der Waals surface area contributed by atoms with E-state index in [0.717, 1.165) is 58.9 Å². The van der Waals surface area contributed by atoms with Crippen molar-refractivity contribution in [3.8, 4) is 34.1 Å². The number of imidazole rings is 1. The van der Waals surface area contributed by atoms with Crippen molar-refractivity contribution < 1.29 is 31.4 Å². The van der Waals surface area contributed by atoms with E-state index in [-0.39, 0.29) is 11.5 Å². The van der Waals surface area contributed by atoms with Crippen molar-refractivity contribution >= 4 is 0 Å². The lowest BCUT2D eigenvalue weighted by Gasteiger charge is -2.25. The van der Waals surface area contributed by atoms with Crippen LogP contribution in [-0.4, -0.2) is 27.4 Å². The SMILES string of the molecule is CCCCn1c(-c2ccccc2)nc(-c2ccccc2)c1CN(Cc1ccc(OC(F)F)cc1)Cc1ccc(OC(F)(F)F)cc1. The Hall–Kier alpha value is -4.70. The molecule has 0 unspecified atom stereocenters. The van der Waals surface area contributed by atoms with Crippen molar-refractivity contribution in [3.63, 3.8) is 0 Å². The van der Waals surface area contributed by atoms with E-state index in [4.69, 9.17) is 4.98 Å². The molecule has 0 atom stereocenters. The Morgan fingerprint density at radius 1 is 0.717 bits per heavy atom. The highest BCUT2D eigenvalue weighted by Crippen LogP contribution is 2.32. The monoisotopic (exact) mass is 635 g/mol. The standard InChI is InChI=1S/C36H34F5N3O2/c1-2-3-22-44-32(33(28-10-6-4-7-11-28)42-34(44)29-12-8-5-9-13-29)25-43(23-26-14-18-30(19-15-26)45-35(37)38)24-27-16-20-31(21-17-27)46-36(39,40)41/h4-21,35H,2-3,22-25H2,1H3. The highest BCUT2D eigenvalue weighted by Gasteiger charge is 2.31. The summed E-state index contributed by atoms with van der Waals surface area (Å²) in [6.45, 7) is 1.21. The van der Waals surface area contributed by atoms with Crippen LogP contribution >= 0.6 is 0 Å². The van der Waals surface area contributed by atoms with Crippen molar-refractivity contribution in [3.05, 3.63) is 126 Å². The first-order chi connectivity index (χ1) is 22.2. The van der Waals surface area contributed by atoms with Crippen molar-refractivity contribution in [2.45, 2.75) is 58.9 Å². The average molecular weight is 636 g/mol. The van der Waals surface area contributed by atoms with Crippen LogP contribution in [0, 0.1) is 0 Å². The van der Waals surface area contributed by atoms with E-state index in [0.29, 0.717) is 19.6 Å². The number of alkyl halides is 5. The number of benzene rings is 4. The number of aromatic nitrogens is 2. The van der Waals surface area contributed by atoms with E-state index in [1.807, 2.05) is 60.7 Å². The van der Waals surface area contributed by atoms with Gasteiger partial charge in [-0.3, -0.25) is 4.90 Å². The van der Waals surface area contributed by atoms with Gasteiger partial charge in [-0.15, -0.1) is 13.2 Å². The molecule has 0 aliphatic rings. The molecule has 1 heterocycles. The molecule has 1 aromatic heterocycles. The second-order valence-electron chi connectivity index (χ2n) is 10.8. The lowest BCUT2D eigenvalue weighted by atomic mass is 10.1. The molecule has 0 aliphatic heterocycles. The molecule has 5 nitrogen and oxygen atoms in total. The van der Waals surface area contributed by atoms with Gasteiger partial charge in [0.1, 0.15) is 17.3 Å². The Bertz CT molecular complexity index is 1660. The molecule has 10 heteroatoms. The molecule has 240 valence electrons. The van der Waals surface area contributed by atoms with Gasteiger partial charge in [0, 0.05) is 37.3 Å². The van der Waals surface area contributed by atoms with Crippen molar-refractivity contribution in [1.29, 1.82) is 0 Å². The van der Waals surface area contributed by atoms with E-state index in [1.54, 1.807) is 24.3 Å². The number of unbranched alkanes of at least 4 members (excludes halogenated alkanes) is 1. The summed E-state index contributed by atoms with van der Waals surface area (Å²) in [5, 5.41) is 0. The molecule has 0 amide bonds. The first kappa shape index (κ1) is 32.7. The van der Waals surface area contributed by atoms with Crippen LogP contribution in [0.2, 0.25) is 0 Å². The van der Waals surface area contributed by atoms with E-state index in [2.05, 4.69) is 25.9 Å². The molecule has 0 fully saturated rings. The summed E-state index contributed by atoms with van der Waals surface area (Å²) >= 11 is 0. The minimum atomic E-state index is -4.78. The Morgan fingerprint density at radius 2 is 1.26 bits per heavy atom. The molecule has 0 N–H and O–H groups in total. The van der Waals surface area contributed by atoms with Gasteiger partial charge >= 0.3 is 13.0 Å². The lowest BCUT2D eigenvalue weighted by Crippen LogP contribution is -2.24. The van der Waals surface area contributed by atoms with Gasteiger partial charge in [-0.05, 0) is 41.8 Å². The molecule has 4 aromatic carbocycles. The lowest BCUT2D eigenvalue weighted by molar-refractivity contribution is -0.274. The molecule has 0 aliphatic carbocycles. The quantitative estimate of drug-likeness (QED) is 0.114. The summed E-state index contributed by atoms with van der Waals surface area (Å²) in [6, 6.07) is 32.2. The zero-order valence-electron chi connectivity index (χ0n) is 25.3. The van der Waals surface area contributed by atoms with E-state index in [1.165, 1.54) is 24.3 Å². The van der Waals surface area contributed by atoms with Crippen LogP contribution in [0.4, 0.5) is 22.0 Å². The molecular weight excluding hydrogens is 601 g/mol. The maximum Gasteiger partial charge on any atom is 0.573 e. The zero-order chi connectivity index (χ0) is 32.5. The van der Waals surface area contributed by atoms with Crippen LogP contribution in [0.3, 0.4) is 0 Å². The first-order valence-corrected chi connectivity index (χ1v) is 15.0. The van der Waals surface area contributed by atoms with Gasteiger partial charge in [-0.25, -0.2) is 4.98 Å². The van der Waals surface area contributed by atoms with E-state index in [9.17, 15) is 22.0 Å². The van der Waals surface area contributed by atoms with Gasteiger partial charge < -0.3 is 14.0 Å². The fraction of sp³-hybridized carbons (Fsp3) is 0.250. The summed E-state index contributed by atoms with van der Waals surface area (Å²) in [6.07, 6.45) is -2.87. The average Bonchev–Trinajstić information content (AvgIpc) is 3.39. The topological polar surface area (TPSA) is 39.5 Å².